The van der Waals surface area contributed by atoms with E-state index in [4.69, 9.17) is 10.00 Å². The minimum absolute atomic E-state index is 0.160. The first kappa shape index (κ1) is 19.1. The quantitative estimate of drug-likeness (QED) is 0.457. The third-order valence-corrected chi connectivity index (χ3v) is 3.80. The number of esters is 1. The van der Waals surface area contributed by atoms with Crippen LogP contribution in [0.3, 0.4) is 0 Å². The standard InChI is InChI=1S/C17H15FN4O3S/c1-3-25-16(24)11(7-19)8-20-17-22-15(9-26-17)13-5-4-12(6-14(13)18)21-10(2)23/h4-6,8-9H,3H2,1-2H3,(H,20,22)(H,21,23)/b11-8+. The van der Waals surface area contributed by atoms with Crippen molar-refractivity contribution in [1.29, 1.82) is 5.26 Å². The van der Waals surface area contributed by atoms with Crippen LogP contribution in [0.25, 0.3) is 11.3 Å². The van der Waals surface area contributed by atoms with Gasteiger partial charge in [0.2, 0.25) is 5.91 Å². The Hall–Kier alpha value is -3.25. The predicted octanol–water partition coefficient (Wildman–Crippen LogP) is 3.29. The first-order valence-corrected chi connectivity index (χ1v) is 8.39. The fourth-order valence-corrected chi connectivity index (χ4v) is 2.63. The zero-order valence-electron chi connectivity index (χ0n) is 14.0. The van der Waals surface area contributed by atoms with Crippen molar-refractivity contribution in [1.82, 2.24) is 4.98 Å². The van der Waals surface area contributed by atoms with E-state index in [1.54, 1.807) is 24.4 Å². The number of thiazole rings is 1. The van der Waals surface area contributed by atoms with Gasteiger partial charge in [-0.1, -0.05) is 0 Å². The van der Waals surface area contributed by atoms with E-state index in [0.29, 0.717) is 16.5 Å². The lowest BCUT2D eigenvalue weighted by molar-refractivity contribution is -0.138. The SMILES string of the molecule is CCOC(=O)/C(C#N)=C/Nc1nc(-c2ccc(NC(C)=O)cc2F)cs1. The average Bonchev–Trinajstić information content (AvgIpc) is 3.04. The molecule has 0 atom stereocenters. The molecular weight excluding hydrogens is 359 g/mol. The number of rotatable bonds is 6. The second-order valence-corrected chi connectivity index (χ2v) is 5.81. The van der Waals surface area contributed by atoms with E-state index in [0.717, 1.165) is 0 Å². The number of carbonyl (C=O) groups is 2. The minimum atomic E-state index is -0.737. The van der Waals surface area contributed by atoms with E-state index in [9.17, 15) is 14.0 Å². The molecule has 7 nitrogen and oxygen atoms in total. The fraction of sp³-hybridized carbons (Fsp3) is 0.176. The topological polar surface area (TPSA) is 104 Å². The second-order valence-electron chi connectivity index (χ2n) is 4.95. The highest BCUT2D eigenvalue weighted by Crippen LogP contribution is 2.28. The minimum Gasteiger partial charge on any atom is -0.462 e. The van der Waals surface area contributed by atoms with E-state index in [2.05, 4.69) is 15.6 Å². The third-order valence-electron chi connectivity index (χ3n) is 3.03. The smallest absolute Gasteiger partial charge is 0.350 e. The van der Waals surface area contributed by atoms with Crippen LogP contribution in [0.2, 0.25) is 0 Å². The summed E-state index contributed by atoms with van der Waals surface area (Å²) in [5, 5.41) is 16.2. The summed E-state index contributed by atoms with van der Waals surface area (Å²) in [5.74, 6) is -1.56. The molecule has 0 saturated carbocycles. The normalized spacial score (nSPS) is 10.8. The molecule has 0 fully saturated rings. The van der Waals surface area contributed by atoms with Crippen molar-refractivity contribution in [3.8, 4) is 17.3 Å². The molecule has 2 aromatic rings. The van der Waals surface area contributed by atoms with Gasteiger partial charge in [-0.2, -0.15) is 5.26 Å². The van der Waals surface area contributed by atoms with Gasteiger partial charge in [0.25, 0.3) is 0 Å². The lowest BCUT2D eigenvalue weighted by Gasteiger charge is -2.04. The highest BCUT2D eigenvalue weighted by Gasteiger charge is 2.12. The van der Waals surface area contributed by atoms with E-state index in [1.807, 2.05) is 0 Å². The lowest BCUT2D eigenvalue weighted by Crippen LogP contribution is -2.07. The number of carbonyl (C=O) groups excluding carboxylic acids is 2. The number of anilines is 2. The Morgan fingerprint density at radius 1 is 1.46 bits per heavy atom. The van der Waals surface area contributed by atoms with Crippen LogP contribution in [0.1, 0.15) is 13.8 Å². The Morgan fingerprint density at radius 3 is 2.85 bits per heavy atom. The van der Waals surface area contributed by atoms with Gasteiger partial charge in [-0.3, -0.25) is 4.79 Å². The van der Waals surface area contributed by atoms with Gasteiger partial charge in [0, 0.05) is 29.8 Å². The van der Waals surface area contributed by atoms with Gasteiger partial charge in [-0.15, -0.1) is 11.3 Å². The van der Waals surface area contributed by atoms with E-state index in [1.165, 1.54) is 36.6 Å². The molecule has 0 spiro atoms. The number of ether oxygens (including phenoxy) is 1. The maximum atomic E-state index is 14.2. The number of hydrogen-bond donors (Lipinski definition) is 2. The molecule has 0 aliphatic heterocycles. The summed E-state index contributed by atoms with van der Waals surface area (Å²) in [6, 6.07) is 6.02. The largest absolute Gasteiger partial charge is 0.462 e. The fourth-order valence-electron chi connectivity index (χ4n) is 1.95. The molecule has 0 saturated heterocycles. The average molecular weight is 374 g/mol. The molecule has 1 aromatic carbocycles. The maximum absolute atomic E-state index is 14.2. The summed E-state index contributed by atoms with van der Waals surface area (Å²) in [7, 11) is 0. The Morgan fingerprint density at radius 2 is 2.23 bits per heavy atom. The van der Waals surface area contributed by atoms with Gasteiger partial charge in [0.1, 0.15) is 11.9 Å². The molecule has 0 bridgehead atoms. The van der Waals surface area contributed by atoms with Crippen molar-refractivity contribution < 1.29 is 18.7 Å². The molecule has 0 radical (unpaired) electrons. The van der Waals surface area contributed by atoms with Crippen LogP contribution in [-0.2, 0) is 14.3 Å². The first-order chi connectivity index (χ1) is 12.4. The molecular formula is C17H15FN4O3S. The monoisotopic (exact) mass is 374 g/mol. The summed E-state index contributed by atoms with van der Waals surface area (Å²) >= 11 is 1.18. The predicted molar refractivity (Wildman–Crippen MR) is 95.8 cm³/mol. The lowest BCUT2D eigenvalue weighted by atomic mass is 10.1. The summed E-state index contributed by atoms with van der Waals surface area (Å²) in [5.41, 5.74) is 0.795. The van der Waals surface area contributed by atoms with Gasteiger partial charge >= 0.3 is 5.97 Å². The van der Waals surface area contributed by atoms with E-state index in [-0.39, 0.29) is 23.7 Å². The van der Waals surface area contributed by atoms with Crippen molar-refractivity contribution in [2.24, 2.45) is 0 Å². The molecule has 26 heavy (non-hydrogen) atoms. The second kappa shape index (κ2) is 8.73. The Bertz CT molecular complexity index is 902. The van der Waals surface area contributed by atoms with Crippen molar-refractivity contribution in [3.05, 3.63) is 41.2 Å². The molecule has 0 aliphatic carbocycles. The molecule has 1 amide bonds. The summed E-state index contributed by atoms with van der Waals surface area (Å²) in [6.07, 6.45) is 1.19. The number of halogens is 1. The van der Waals surface area contributed by atoms with Crippen LogP contribution in [0.15, 0.2) is 35.4 Å². The van der Waals surface area contributed by atoms with Crippen LogP contribution >= 0.6 is 11.3 Å². The summed E-state index contributed by atoms with van der Waals surface area (Å²) in [4.78, 5) is 26.8. The Kier molecular flexibility index (Phi) is 6.41. The molecule has 2 N–H and O–H groups in total. The number of hydrogen-bond acceptors (Lipinski definition) is 7. The molecule has 134 valence electrons. The number of benzene rings is 1. The number of nitriles is 1. The summed E-state index contributed by atoms with van der Waals surface area (Å²) < 4.78 is 19.0. The Labute approximate surface area is 153 Å². The number of amides is 1. The number of nitrogens with zero attached hydrogens (tertiary/aromatic N) is 2. The van der Waals surface area contributed by atoms with Crippen molar-refractivity contribution in [2.75, 3.05) is 17.2 Å². The van der Waals surface area contributed by atoms with Crippen molar-refractivity contribution in [3.63, 3.8) is 0 Å². The molecule has 0 unspecified atom stereocenters. The van der Waals surface area contributed by atoms with Gasteiger partial charge < -0.3 is 15.4 Å². The van der Waals surface area contributed by atoms with Gasteiger partial charge in [-0.05, 0) is 25.1 Å². The van der Waals surface area contributed by atoms with Crippen molar-refractivity contribution in [2.45, 2.75) is 13.8 Å². The van der Waals surface area contributed by atoms with Gasteiger partial charge in [0.05, 0.1) is 12.3 Å². The van der Waals surface area contributed by atoms with Crippen LogP contribution in [-0.4, -0.2) is 23.5 Å². The first-order valence-electron chi connectivity index (χ1n) is 7.51. The third kappa shape index (κ3) is 4.87. The van der Waals surface area contributed by atoms with Crippen LogP contribution in [0.5, 0.6) is 0 Å². The van der Waals surface area contributed by atoms with Crippen LogP contribution in [0.4, 0.5) is 15.2 Å². The van der Waals surface area contributed by atoms with E-state index < -0.39 is 11.8 Å². The highest BCUT2D eigenvalue weighted by atomic mass is 32.1. The molecule has 1 heterocycles. The summed E-state index contributed by atoms with van der Waals surface area (Å²) in [6.45, 7) is 3.13. The van der Waals surface area contributed by atoms with Crippen LogP contribution < -0.4 is 10.6 Å². The van der Waals surface area contributed by atoms with Gasteiger partial charge in [0.15, 0.2) is 10.7 Å². The Balaban J connectivity index is 2.16. The van der Waals surface area contributed by atoms with Crippen LogP contribution in [0, 0.1) is 17.1 Å². The highest BCUT2D eigenvalue weighted by molar-refractivity contribution is 7.14. The van der Waals surface area contributed by atoms with Crippen molar-refractivity contribution >= 4 is 34.0 Å². The number of nitrogens with one attached hydrogen (secondary N) is 2. The number of aromatic nitrogens is 1. The van der Waals surface area contributed by atoms with E-state index >= 15 is 0 Å². The maximum Gasteiger partial charge on any atom is 0.350 e. The molecule has 2 rings (SSSR count). The van der Waals surface area contributed by atoms with Gasteiger partial charge in [-0.25, -0.2) is 14.2 Å². The molecule has 1 aromatic heterocycles. The molecule has 9 heteroatoms. The zero-order valence-corrected chi connectivity index (χ0v) is 14.8. The zero-order chi connectivity index (χ0) is 19.1. The molecule has 0 aliphatic rings.